The minimum absolute atomic E-state index is 0.00969. The third-order valence-corrected chi connectivity index (χ3v) is 2.66. The maximum atomic E-state index is 11.3. The van der Waals surface area contributed by atoms with Gasteiger partial charge in [0.2, 0.25) is 0 Å². The Labute approximate surface area is 77.2 Å². The SMILES string of the molecule is C#CCNS(=O)(=O)n1cc[n+](C)c1. The van der Waals surface area contributed by atoms with Gasteiger partial charge >= 0.3 is 10.2 Å². The van der Waals surface area contributed by atoms with Crippen molar-refractivity contribution in [2.45, 2.75) is 0 Å². The maximum Gasteiger partial charge on any atom is 0.378 e. The Balaban J connectivity index is 2.89. The molecule has 70 valence electrons. The summed E-state index contributed by atoms with van der Waals surface area (Å²) in [5.41, 5.74) is 0. The van der Waals surface area contributed by atoms with E-state index >= 15 is 0 Å². The van der Waals surface area contributed by atoms with Crippen LogP contribution in [0.25, 0.3) is 0 Å². The van der Waals surface area contributed by atoms with Crippen LogP contribution in [0.15, 0.2) is 18.7 Å². The summed E-state index contributed by atoms with van der Waals surface area (Å²) in [4.78, 5) is 0. The molecule has 6 heteroatoms. The van der Waals surface area contributed by atoms with Gasteiger partial charge in [0.1, 0.15) is 12.4 Å². The van der Waals surface area contributed by atoms with Gasteiger partial charge in [0.05, 0.1) is 13.6 Å². The maximum absolute atomic E-state index is 11.3. The van der Waals surface area contributed by atoms with Crippen molar-refractivity contribution in [3.05, 3.63) is 18.7 Å². The van der Waals surface area contributed by atoms with Crippen LogP contribution in [0, 0.1) is 12.3 Å². The highest BCUT2D eigenvalue weighted by Gasteiger charge is 2.17. The van der Waals surface area contributed by atoms with E-state index in [4.69, 9.17) is 6.42 Å². The Morgan fingerprint density at radius 3 is 2.85 bits per heavy atom. The van der Waals surface area contributed by atoms with Gasteiger partial charge in [-0.15, -0.1) is 10.4 Å². The third-order valence-electron chi connectivity index (χ3n) is 1.38. The fraction of sp³-hybridized carbons (Fsp3) is 0.286. The molecule has 0 saturated carbocycles. The van der Waals surface area contributed by atoms with E-state index in [-0.39, 0.29) is 6.54 Å². The van der Waals surface area contributed by atoms with Crippen molar-refractivity contribution >= 4 is 10.2 Å². The molecule has 0 atom stereocenters. The monoisotopic (exact) mass is 200 g/mol. The Morgan fingerprint density at radius 2 is 2.38 bits per heavy atom. The Morgan fingerprint density at radius 1 is 1.69 bits per heavy atom. The average molecular weight is 200 g/mol. The van der Waals surface area contributed by atoms with Gasteiger partial charge in [-0.3, -0.25) is 0 Å². The standard InChI is InChI=1S/C7H10N3O2S/c1-3-4-8-13(11,12)10-6-5-9(2)7-10/h1,5-8H,4H2,2H3/q+1. The number of nitrogens with zero attached hydrogens (tertiary/aromatic N) is 2. The third kappa shape index (κ3) is 2.31. The minimum Gasteiger partial charge on any atom is -0.238 e. The molecular weight excluding hydrogens is 190 g/mol. The number of rotatable bonds is 3. The molecule has 1 aromatic rings. The van der Waals surface area contributed by atoms with Crippen LogP contribution in [0.5, 0.6) is 0 Å². The predicted octanol–water partition coefficient (Wildman–Crippen LogP) is -1.37. The van der Waals surface area contributed by atoms with E-state index < -0.39 is 10.2 Å². The zero-order valence-corrected chi connectivity index (χ0v) is 7.95. The van der Waals surface area contributed by atoms with Gasteiger partial charge in [-0.2, -0.15) is 13.1 Å². The number of nitrogens with one attached hydrogen (secondary N) is 1. The molecule has 0 bridgehead atoms. The lowest BCUT2D eigenvalue weighted by Gasteiger charge is -1.96. The molecule has 0 aliphatic carbocycles. The molecule has 0 fully saturated rings. The van der Waals surface area contributed by atoms with Gasteiger partial charge in [-0.25, -0.2) is 4.57 Å². The van der Waals surface area contributed by atoms with Gasteiger partial charge in [0, 0.05) is 0 Å². The Kier molecular flexibility index (Phi) is 2.70. The number of hydrogen-bond donors (Lipinski definition) is 1. The number of terminal acetylenes is 1. The van der Waals surface area contributed by atoms with Crippen LogP contribution in [0.3, 0.4) is 0 Å². The summed E-state index contributed by atoms with van der Waals surface area (Å²) in [6, 6.07) is 0. The molecule has 0 aromatic carbocycles. The zero-order chi connectivity index (χ0) is 9.90. The highest BCUT2D eigenvalue weighted by atomic mass is 32.2. The first-order valence-corrected chi connectivity index (χ1v) is 4.97. The Bertz CT molecular complexity index is 427. The first kappa shape index (κ1) is 9.77. The van der Waals surface area contributed by atoms with Crippen LogP contribution in [-0.2, 0) is 17.3 Å². The van der Waals surface area contributed by atoms with Gasteiger partial charge in [-0.05, 0) is 0 Å². The summed E-state index contributed by atoms with van der Waals surface area (Å²) in [5.74, 6) is 2.19. The topological polar surface area (TPSA) is 55.0 Å². The molecular formula is C7H10N3O2S+. The van der Waals surface area contributed by atoms with E-state index in [1.165, 1.54) is 12.5 Å². The number of imidazole rings is 1. The van der Waals surface area contributed by atoms with E-state index in [1.54, 1.807) is 17.8 Å². The molecule has 1 heterocycles. The second-order valence-electron chi connectivity index (χ2n) is 2.44. The Hall–Kier alpha value is -1.32. The minimum atomic E-state index is -3.50. The van der Waals surface area contributed by atoms with Crippen LogP contribution in [0.1, 0.15) is 0 Å². The van der Waals surface area contributed by atoms with Crippen molar-refractivity contribution in [2.75, 3.05) is 6.54 Å². The van der Waals surface area contributed by atoms with Gasteiger partial charge < -0.3 is 0 Å². The quantitative estimate of drug-likeness (QED) is 0.483. The van der Waals surface area contributed by atoms with E-state index in [0.29, 0.717) is 0 Å². The molecule has 0 aliphatic rings. The molecule has 0 unspecified atom stereocenters. The molecule has 0 amide bonds. The van der Waals surface area contributed by atoms with Gasteiger partial charge in [0.15, 0.2) is 0 Å². The summed E-state index contributed by atoms with van der Waals surface area (Å²) in [5, 5.41) is 0. The summed E-state index contributed by atoms with van der Waals surface area (Å²) in [6.45, 7) is -0.00969. The van der Waals surface area contributed by atoms with E-state index in [1.807, 2.05) is 0 Å². The van der Waals surface area contributed by atoms with Crippen molar-refractivity contribution in [3.8, 4) is 12.3 Å². The number of aryl methyl sites for hydroxylation is 1. The van der Waals surface area contributed by atoms with Crippen LogP contribution < -0.4 is 9.29 Å². The van der Waals surface area contributed by atoms with Gasteiger partial charge in [-0.1, -0.05) is 5.92 Å². The molecule has 5 nitrogen and oxygen atoms in total. The highest BCUT2D eigenvalue weighted by molar-refractivity contribution is 7.87. The fourth-order valence-corrected chi connectivity index (χ4v) is 1.68. The first-order valence-electron chi connectivity index (χ1n) is 3.53. The smallest absolute Gasteiger partial charge is 0.238 e. The van der Waals surface area contributed by atoms with Crippen molar-refractivity contribution in [1.29, 1.82) is 0 Å². The van der Waals surface area contributed by atoms with Crippen LogP contribution in [0.4, 0.5) is 0 Å². The van der Waals surface area contributed by atoms with E-state index in [2.05, 4.69) is 10.6 Å². The lowest BCUT2D eigenvalue weighted by atomic mass is 10.7. The first-order chi connectivity index (χ1) is 6.06. The van der Waals surface area contributed by atoms with Crippen LogP contribution >= 0.6 is 0 Å². The fourth-order valence-electron chi connectivity index (χ4n) is 0.777. The summed E-state index contributed by atoms with van der Waals surface area (Å²) in [6.07, 6.45) is 9.41. The molecule has 0 aliphatic heterocycles. The van der Waals surface area contributed by atoms with Crippen molar-refractivity contribution < 1.29 is 13.0 Å². The van der Waals surface area contributed by atoms with Crippen molar-refractivity contribution in [2.24, 2.45) is 7.05 Å². The normalized spacial score (nSPS) is 11.1. The molecule has 0 spiro atoms. The number of aromatic nitrogens is 2. The van der Waals surface area contributed by atoms with Gasteiger partial charge in [0.25, 0.3) is 6.33 Å². The van der Waals surface area contributed by atoms with E-state index in [0.717, 1.165) is 3.97 Å². The number of hydrogen-bond acceptors (Lipinski definition) is 2. The van der Waals surface area contributed by atoms with Crippen LogP contribution in [0.2, 0.25) is 0 Å². The van der Waals surface area contributed by atoms with Crippen LogP contribution in [-0.4, -0.2) is 18.9 Å². The highest BCUT2D eigenvalue weighted by Crippen LogP contribution is 1.89. The van der Waals surface area contributed by atoms with Crippen molar-refractivity contribution in [1.82, 2.24) is 8.69 Å². The largest absolute Gasteiger partial charge is 0.378 e. The molecule has 0 radical (unpaired) electrons. The average Bonchev–Trinajstić information content (AvgIpc) is 2.49. The van der Waals surface area contributed by atoms with E-state index in [9.17, 15) is 8.42 Å². The molecule has 1 rings (SSSR count). The molecule has 13 heavy (non-hydrogen) atoms. The molecule has 1 aromatic heterocycles. The lowest BCUT2D eigenvalue weighted by Crippen LogP contribution is -2.31. The summed E-state index contributed by atoms with van der Waals surface area (Å²) >= 11 is 0. The van der Waals surface area contributed by atoms with Crippen molar-refractivity contribution in [3.63, 3.8) is 0 Å². The zero-order valence-electron chi connectivity index (χ0n) is 7.14. The predicted molar refractivity (Wildman–Crippen MR) is 46.8 cm³/mol. The second-order valence-corrected chi connectivity index (χ2v) is 4.10. The molecule has 0 saturated heterocycles. The lowest BCUT2D eigenvalue weighted by molar-refractivity contribution is -0.670. The second kappa shape index (κ2) is 3.60. The molecule has 1 N–H and O–H groups in total. The summed E-state index contributed by atoms with van der Waals surface area (Å²) < 4.78 is 27.6. The summed E-state index contributed by atoms with van der Waals surface area (Å²) in [7, 11) is -1.77.